The van der Waals surface area contributed by atoms with Crippen LogP contribution in [-0.2, 0) is 11.2 Å². The predicted molar refractivity (Wildman–Crippen MR) is 113 cm³/mol. The number of benzene rings is 1. The molecule has 0 spiro atoms. The van der Waals surface area contributed by atoms with Gasteiger partial charge in [0.2, 0.25) is 11.7 Å². The lowest BCUT2D eigenvalue weighted by Crippen LogP contribution is -2.36. The average molecular weight is 469 g/mol. The number of rotatable bonds is 7. The van der Waals surface area contributed by atoms with Crippen LogP contribution in [0.2, 0.25) is 0 Å². The van der Waals surface area contributed by atoms with E-state index in [0.717, 1.165) is 4.90 Å². The number of Topliss-reactive ketones (excluding diaryl/α,β-unsaturated/α-hetero) is 2. The number of hydrogen-bond donors (Lipinski definition) is 0. The van der Waals surface area contributed by atoms with Crippen LogP contribution in [0.4, 0.5) is 13.2 Å². The highest BCUT2D eigenvalue weighted by Gasteiger charge is 2.47. The number of carbonyl (C=O) groups is 3. The molecule has 4 rings (SSSR count). The predicted octanol–water partition coefficient (Wildman–Crippen LogP) is 4.11. The van der Waals surface area contributed by atoms with Crippen molar-refractivity contribution in [3.05, 3.63) is 65.4 Å². The first-order chi connectivity index (χ1) is 16.2. The van der Waals surface area contributed by atoms with Gasteiger partial charge in [0.25, 0.3) is 5.92 Å². The molecule has 0 radical (unpaired) electrons. The smallest absolute Gasteiger partial charge is 0.268 e. The third-order valence-electron chi connectivity index (χ3n) is 5.61. The Bertz CT molecular complexity index is 1330. The maximum atomic E-state index is 13.6. The molecule has 1 aliphatic heterocycles. The number of fused-ring (bicyclic) bond motifs is 1. The van der Waals surface area contributed by atoms with Gasteiger partial charge in [-0.3, -0.25) is 19.4 Å². The topological polar surface area (TPSA) is 104 Å². The molecule has 1 amide bonds. The number of alkyl halides is 2. The Morgan fingerprint density at radius 2 is 1.97 bits per heavy atom. The zero-order chi connectivity index (χ0) is 24.5. The summed E-state index contributed by atoms with van der Waals surface area (Å²) in [4.78, 5) is 42.6. The van der Waals surface area contributed by atoms with Crippen molar-refractivity contribution in [1.29, 1.82) is 5.26 Å². The number of hydrogen-bond acceptors (Lipinski definition) is 6. The van der Waals surface area contributed by atoms with Crippen molar-refractivity contribution in [2.45, 2.75) is 37.6 Å². The van der Waals surface area contributed by atoms with Gasteiger partial charge in [0.05, 0.1) is 12.6 Å². The van der Waals surface area contributed by atoms with Crippen LogP contribution in [0.15, 0.2) is 47.1 Å². The molecule has 1 fully saturated rings. The second-order valence-electron chi connectivity index (χ2n) is 8.08. The van der Waals surface area contributed by atoms with Crippen LogP contribution in [0.3, 0.4) is 0 Å². The van der Waals surface area contributed by atoms with Crippen LogP contribution >= 0.6 is 0 Å². The fourth-order valence-electron chi connectivity index (χ4n) is 3.94. The minimum Gasteiger partial charge on any atom is -0.453 e. The Morgan fingerprint density at radius 3 is 2.74 bits per heavy atom. The summed E-state index contributed by atoms with van der Waals surface area (Å²) in [6.45, 7) is -0.853. The molecule has 0 bridgehead atoms. The normalized spacial score (nSPS) is 17.0. The van der Waals surface area contributed by atoms with Crippen molar-refractivity contribution >= 4 is 28.4 Å². The highest BCUT2D eigenvalue weighted by molar-refractivity contribution is 6.03. The van der Waals surface area contributed by atoms with E-state index in [1.807, 2.05) is 0 Å². The largest absolute Gasteiger partial charge is 0.453 e. The molecule has 10 heteroatoms. The maximum Gasteiger partial charge on any atom is 0.268 e. The second kappa shape index (κ2) is 9.09. The minimum absolute atomic E-state index is 0.00413. The molecular formula is C24H18F3N3O4. The van der Waals surface area contributed by atoms with Gasteiger partial charge in [0.1, 0.15) is 17.4 Å². The summed E-state index contributed by atoms with van der Waals surface area (Å²) in [5.74, 6) is -5.24. The summed E-state index contributed by atoms with van der Waals surface area (Å²) in [6, 6.07) is 7.13. The number of likely N-dealkylation sites (tertiary alicyclic amines) is 1. The molecule has 3 aromatic rings. The van der Waals surface area contributed by atoms with Gasteiger partial charge in [-0.25, -0.2) is 13.2 Å². The number of nitrogens with zero attached hydrogens (tertiary/aromatic N) is 3. The number of furan rings is 1. The fraction of sp³-hybridized carbons (Fsp3) is 0.292. The van der Waals surface area contributed by atoms with E-state index in [4.69, 9.17) is 9.68 Å². The number of amides is 1. The summed E-state index contributed by atoms with van der Waals surface area (Å²) in [7, 11) is 0. The summed E-state index contributed by atoms with van der Waals surface area (Å²) in [6.07, 6.45) is 1.13. The third-order valence-corrected chi connectivity index (χ3v) is 5.61. The summed E-state index contributed by atoms with van der Waals surface area (Å²) in [5.41, 5.74) is 0.815. The van der Waals surface area contributed by atoms with Crippen molar-refractivity contribution < 1.29 is 32.0 Å². The Balaban J connectivity index is 1.44. The average Bonchev–Trinajstić information content (AvgIpc) is 3.37. The van der Waals surface area contributed by atoms with Crippen LogP contribution < -0.4 is 0 Å². The first-order valence-corrected chi connectivity index (χ1v) is 10.4. The highest BCUT2D eigenvalue weighted by Crippen LogP contribution is 2.32. The number of nitriles is 1. The number of ketones is 2. The second-order valence-corrected chi connectivity index (χ2v) is 8.08. The van der Waals surface area contributed by atoms with Crippen molar-refractivity contribution in [3.63, 3.8) is 0 Å². The lowest BCUT2D eigenvalue weighted by Gasteiger charge is -2.19. The van der Waals surface area contributed by atoms with Crippen LogP contribution in [0, 0.1) is 17.1 Å². The van der Waals surface area contributed by atoms with E-state index in [2.05, 4.69) is 4.98 Å². The van der Waals surface area contributed by atoms with Crippen molar-refractivity contribution in [2.24, 2.45) is 0 Å². The minimum atomic E-state index is -3.14. The van der Waals surface area contributed by atoms with Crippen molar-refractivity contribution in [1.82, 2.24) is 9.88 Å². The zero-order valence-electron chi connectivity index (χ0n) is 17.8. The Hall–Kier alpha value is -4.00. The number of aromatic nitrogens is 1. The number of pyridine rings is 1. The molecule has 0 unspecified atom stereocenters. The van der Waals surface area contributed by atoms with Gasteiger partial charge in [-0.15, -0.1) is 0 Å². The molecule has 0 aliphatic carbocycles. The molecule has 1 aliphatic rings. The quantitative estimate of drug-likeness (QED) is 0.482. The molecule has 2 aromatic heterocycles. The van der Waals surface area contributed by atoms with Crippen molar-refractivity contribution in [2.75, 3.05) is 6.54 Å². The SMILES string of the molecule is N#C[C@@H]1CC(F)(F)CN1C(=O)CCC(=O)c1ccncc1CC(=O)c1cc2cc(F)ccc2o1. The molecule has 34 heavy (non-hydrogen) atoms. The van der Waals surface area contributed by atoms with Crippen LogP contribution in [0.1, 0.15) is 45.7 Å². The molecule has 174 valence electrons. The summed E-state index contributed by atoms with van der Waals surface area (Å²) < 4.78 is 46.0. The molecule has 3 heterocycles. The number of halogens is 3. The first-order valence-electron chi connectivity index (χ1n) is 10.4. The van der Waals surface area contributed by atoms with E-state index in [-0.39, 0.29) is 30.6 Å². The van der Waals surface area contributed by atoms with Gasteiger partial charge in [-0.2, -0.15) is 5.26 Å². The maximum absolute atomic E-state index is 13.6. The monoisotopic (exact) mass is 469 g/mol. The Labute approximate surface area is 191 Å². The highest BCUT2D eigenvalue weighted by atomic mass is 19.3. The van der Waals surface area contributed by atoms with E-state index >= 15 is 0 Å². The molecular weight excluding hydrogens is 451 g/mol. The van der Waals surface area contributed by atoms with Gasteiger partial charge in [-0.1, -0.05) is 0 Å². The van der Waals surface area contributed by atoms with Gasteiger partial charge < -0.3 is 9.32 Å². The molecule has 1 saturated heterocycles. The first kappa shape index (κ1) is 23.2. The van der Waals surface area contributed by atoms with E-state index < -0.39 is 48.2 Å². The Morgan fingerprint density at radius 1 is 1.18 bits per heavy atom. The van der Waals surface area contributed by atoms with Crippen molar-refractivity contribution in [3.8, 4) is 6.07 Å². The molecule has 1 atom stereocenters. The van der Waals surface area contributed by atoms with E-state index in [1.54, 1.807) is 6.07 Å². The summed E-state index contributed by atoms with van der Waals surface area (Å²) >= 11 is 0. The van der Waals surface area contributed by atoms with Crippen LogP contribution in [0.25, 0.3) is 11.0 Å². The van der Waals surface area contributed by atoms with Gasteiger partial charge >= 0.3 is 0 Å². The van der Waals surface area contributed by atoms with Gasteiger partial charge in [-0.05, 0) is 35.9 Å². The fourth-order valence-corrected chi connectivity index (χ4v) is 3.94. The third kappa shape index (κ3) is 4.83. The number of carbonyl (C=O) groups excluding carboxylic acids is 3. The van der Waals surface area contributed by atoms with E-state index in [9.17, 15) is 27.6 Å². The van der Waals surface area contributed by atoms with Gasteiger partial charge in [0, 0.05) is 49.0 Å². The zero-order valence-corrected chi connectivity index (χ0v) is 17.8. The lowest BCUT2D eigenvalue weighted by atomic mass is 9.98. The van der Waals surface area contributed by atoms with Crippen LogP contribution in [-0.4, -0.2) is 45.9 Å². The van der Waals surface area contributed by atoms with Gasteiger partial charge in [0.15, 0.2) is 11.5 Å². The molecule has 7 nitrogen and oxygen atoms in total. The molecule has 1 aromatic carbocycles. The Kier molecular flexibility index (Phi) is 6.20. The van der Waals surface area contributed by atoms with Crippen LogP contribution in [0.5, 0.6) is 0 Å². The van der Waals surface area contributed by atoms with E-state index in [1.165, 1.54) is 42.7 Å². The summed E-state index contributed by atoms with van der Waals surface area (Å²) in [5, 5.41) is 9.46. The molecule has 0 saturated carbocycles. The molecule has 0 N–H and O–H groups in total. The standard InChI is InChI=1S/C24H18F3N3O4/c25-16-1-3-21-14(7-16)9-22(34-21)20(32)8-15-12-29-6-5-18(15)19(31)2-4-23(33)30-13-24(26,27)10-17(30)11-28/h1,3,5-7,9,12,17H,2,4,8,10,13H2/t17-/m0/s1. The van der Waals surface area contributed by atoms with E-state index in [0.29, 0.717) is 16.5 Å². The lowest BCUT2D eigenvalue weighted by molar-refractivity contribution is -0.132.